The van der Waals surface area contributed by atoms with Crippen molar-refractivity contribution >= 4 is 15.7 Å². The molecule has 28 heavy (non-hydrogen) atoms. The van der Waals surface area contributed by atoms with Gasteiger partial charge < -0.3 is 4.90 Å². The normalized spacial score (nSPS) is 12.5. The minimum absolute atomic E-state index is 0.119. The molecule has 0 saturated carbocycles. The van der Waals surface area contributed by atoms with Crippen molar-refractivity contribution in [1.82, 2.24) is 4.72 Å². The number of sulfonamides is 1. The minimum atomic E-state index is -3.57. The van der Waals surface area contributed by atoms with Crippen molar-refractivity contribution in [3.8, 4) is 0 Å². The molecule has 1 atom stereocenters. The lowest BCUT2D eigenvalue weighted by atomic mass is 10.0. The number of aryl methyl sites for hydroxylation is 1. The van der Waals surface area contributed by atoms with Gasteiger partial charge >= 0.3 is 0 Å². The fraction of sp³-hybridized carbons (Fsp3) is 0.217. The summed E-state index contributed by atoms with van der Waals surface area (Å²) in [7, 11) is -3.57. The van der Waals surface area contributed by atoms with Crippen LogP contribution in [0.25, 0.3) is 0 Å². The zero-order valence-electron chi connectivity index (χ0n) is 16.2. The first kappa shape index (κ1) is 20.1. The van der Waals surface area contributed by atoms with Gasteiger partial charge in [0.15, 0.2) is 0 Å². The van der Waals surface area contributed by atoms with Crippen LogP contribution in [0.3, 0.4) is 0 Å². The third-order valence-corrected chi connectivity index (χ3v) is 6.19. The lowest BCUT2D eigenvalue weighted by molar-refractivity contribution is 0.561. The van der Waals surface area contributed by atoms with Crippen LogP contribution in [0.1, 0.15) is 24.1 Å². The maximum absolute atomic E-state index is 12.7. The Morgan fingerprint density at radius 2 is 1.54 bits per heavy atom. The third-order valence-electron chi connectivity index (χ3n) is 4.75. The predicted octanol–water partition coefficient (Wildman–Crippen LogP) is 4.54. The van der Waals surface area contributed by atoms with E-state index in [-0.39, 0.29) is 17.5 Å². The van der Waals surface area contributed by atoms with E-state index >= 15 is 0 Å². The van der Waals surface area contributed by atoms with Crippen LogP contribution in [0.4, 0.5) is 5.69 Å². The van der Waals surface area contributed by atoms with Gasteiger partial charge in [-0.2, -0.15) is 0 Å². The molecule has 0 aliphatic rings. The minimum Gasteiger partial charge on any atom is -0.363 e. The molecule has 0 aromatic heterocycles. The maximum atomic E-state index is 12.7. The second kappa shape index (κ2) is 9.04. The van der Waals surface area contributed by atoms with E-state index in [9.17, 15) is 8.42 Å². The highest BCUT2D eigenvalue weighted by Gasteiger charge is 2.23. The average Bonchev–Trinajstić information content (AvgIpc) is 2.72. The Morgan fingerprint density at radius 3 is 2.14 bits per heavy atom. The summed E-state index contributed by atoms with van der Waals surface area (Å²) in [6, 6.07) is 26.7. The Bertz CT molecular complexity index is 989. The van der Waals surface area contributed by atoms with Crippen LogP contribution in [-0.4, -0.2) is 21.5 Å². The van der Waals surface area contributed by atoms with E-state index in [2.05, 4.69) is 41.7 Å². The number of nitrogens with one attached hydrogen (secondary N) is 1. The molecule has 3 aromatic rings. The second-order valence-corrected chi connectivity index (χ2v) is 8.48. The Labute approximate surface area is 167 Å². The molecule has 3 rings (SSSR count). The molecule has 0 bridgehead atoms. The van der Waals surface area contributed by atoms with Gasteiger partial charge in [0.05, 0.1) is 10.9 Å². The number of hydrogen-bond donors (Lipinski definition) is 1. The van der Waals surface area contributed by atoms with Gasteiger partial charge in [-0.15, -0.1) is 0 Å². The van der Waals surface area contributed by atoms with Crippen LogP contribution in [0.2, 0.25) is 0 Å². The molecule has 146 valence electrons. The molecule has 0 unspecified atom stereocenters. The molecule has 3 aromatic carbocycles. The Kier molecular flexibility index (Phi) is 6.49. The molecule has 0 amide bonds. The highest BCUT2D eigenvalue weighted by atomic mass is 32.2. The van der Waals surface area contributed by atoms with E-state index in [1.807, 2.05) is 42.5 Å². The van der Waals surface area contributed by atoms with Gasteiger partial charge in [0.25, 0.3) is 0 Å². The molecule has 0 aliphatic carbocycles. The van der Waals surface area contributed by atoms with Crippen LogP contribution < -0.4 is 9.62 Å². The Morgan fingerprint density at radius 1 is 0.893 bits per heavy atom. The van der Waals surface area contributed by atoms with Crippen LogP contribution in [0, 0.1) is 6.92 Å². The lowest BCUT2D eigenvalue weighted by Crippen LogP contribution is -2.38. The van der Waals surface area contributed by atoms with Crippen molar-refractivity contribution < 1.29 is 8.42 Å². The average molecular weight is 395 g/mol. The molecule has 5 heteroatoms. The standard InChI is InChI=1S/C23H26N2O2S/c1-3-25(21-14-10-11-19(2)17-21)23(20-12-6-4-7-13-20)18-24-28(26,27)22-15-8-5-9-16-22/h4-17,23-24H,3,18H2,1-2H3/t23-/m1/s1. The number of benzene rings is 3. The van der Waals surface area contributed by atoms with Crippen molar-refractivity contribution in [2.45, 2.75) is 24.8 Å². The number of hydrogen-bond acceptors (Lipinski definition) is 3. The van der Waals surface area contributed by atoms with Gasteiger partial charge in [0.2, 0.25) is 10.0 Å². The molecule has 0 saturated heterocycles. The number of nitrogens with zero attached hydrogens (tertiary/aromatic N) is 1. The SMILES string of the molecule is CCN(c1cccc(C)c1)[C@H](CNS(=O)(=O)c1ccccc1)c1ccccc1. The fourth-order valence-electron chi connectivity index (χ4n) is 3.34. The zero-order chi connectivity index (χ0) is 20.0. The van der Waals surface area contributed by atoms with Gasteiger partial charge in [0.1, 0.15) is 0 Å². The highest BCUT2D eigenvalue weighted by Crippen LogP contribution is 2.27. The summed E-state index contributed by atoms with van der Waals surface area (Å²) >= 11 is 0. The molecule has 0 fully saturated rings. The second-order valence-electron chi connectivity index (χ2n) is 6.72. The third kappa shape index (κ3) is 4.80. The van der Waals surface area contributed by atoms with Gasteiger partial charge in [-0.3, -0.25) is 0 Å². The highest BCUT2D eigenvalue weighted by molar-refractivity contribution is 7.89. The fourth-order valence-corrected chi connectivity index (χ4v) is 4.40. The van der Waals surface area contributed by atoms with Crippen molar-refractivity contribution in [3.05, 3.63) is 96.1 Å². The molecule has 0 radical (unpaired) electrons. The number of anilines is 1. The quantitative estimate of drug-likeness (QED) is 0.610. The molecular weight excluding hydrogens is 368 g/mol. The van der Waals surface area contributed by atoms with E-state index < -0.39 is 10.0 Å². The van der Waals surface area contributed by atoms with E-state index in [1.165, 1.54) is 5.56 Å². The van der Waals surface area contributed by atoms with E-state index in [1.54, 1.807) is 24.3 Å². The smallest absolute Gasteiger partial charge is 0.240 e. The van der Waals surface area contributed by atoms with E-state index in [0.29, 0.717) is 0 Å². The molecule has 0 aliphatic heterocycles. The zero-order valence-corrected chi connectivity index (χ0v) is 17.1. The Hall–Kier alpha value is -2.63. The van der Waals surface area contributed by atoms with Gasteiger partial charge in [-0.25, -0.2) is 13.1 Å². The molecule has 0 spiro atoms. The van der Waals surface area contributed by atoms with Crippen LogP contribution in [0.5, 0.6) is 0 Å². The van der Waals surface area contributed by atoms with Gasteiger partial charge in [-0.05, 0) is 49.2 Å². The summed E-state index contributed by atoms with van der Waals surface area (Å²) in [5.41, 5.74) is 3.32. The summed E-state index contributed by atoms with van der Waals surface area (Å²) in [5, 5.41) is 0. The first-order chi connectivity index (χ1) is 13.5. The van der Waals surface area contributed by atoms with Crippen LogP contribution in [0.15, 0.2) is 89.8 Å². The molecule has 0 heterocycles. The predicted molar refractivity (Wildman–Crippen MR) is 115 cm³/mol. The van der Waals surface area contributed by atoms with Crippen molar-refractivity contribution in [2.24, 2.45) is 0 Å². The monoisotopic (exact) mass is 394 g/mol. The first-order valence-electron chi connectivity index (χ1n) is 9.44. The van der Waals surface area contributed by atoms with Gasteiger partial charge in [-0.1, -0.05) is 60.7 Å². The van der Waals surface area contributed by atoms with Crippen molar-refractivity contribution in [2.75, 3.05) is 18.0 Å². The largest absolute Gasteiger partial charge is 0.363 e. The number of rotatable bonds is 8. The van der Waals surface area contributed by atoms with Crippen LogP contribution >= 0.6 is 0 Å². The lowest BCUT2D eigenvalue weighted by Gasteiger charge is -2.33. The van der Waals surface area contributed by atoms with Gasteiger partial charge in [0, 0.05) is 18.8 Å². The summed E-state index contributed by atoms with van der Waals surface area (Å²) in [4.78, 5) is 2.51. The van der Waals surface area contributed by atoms with E-state index in [4.69, 9.17) is 0 Å². The summed E-state index contributed by atoms with van der Waals surface area (Å²) in [6.45, 7) is 5.19. The van der Waals surface area contributed by atoms with Crippen LogP contribution in [-0.2, 0) is 10.0 Å². The summed E-state index contributed by atoms with van der Waals surface area (Å²) in [6.07, 6.45) is 0. The number of likely N-dealkylation sites (N-methyl/N-ethyl adjacent to an activating group) is 1. The maximum Gasteiger partial charge on any atom is 0.240 e. The van der Waals surface area contributed by atoms with Crippen molar-refractivity contribution in [1.29, 1.82) is 0 Å². The Balaban J connectivity index is 1.91. The molecular formula is C23H26N2O2S. The molecule has 4 nitrogen and oxygen atoms in total. The summed E-state index contributed by atoms with van der Waals surface area (Å²) < 4.78 is 28.3. The summed E-state index contributed by atoms with van der Waals surface area (Å²) in [5.74, 6) is 0. The topological polar surface area (TPSA) is 49.4 Å². The molecule has 1 N–H and O–H groups in total. The van der Waals surface area contributed by atoms with Crippen molar-refractivity contribution in [3.63, 3.8) is 0 Å². The van der Waals surface area contributed by atoms with E-state index in [0.717, 1.165) is 17.8 Å². The first-order valence-corrected chi connectivity index (χ1v) is 10.9.